The quantitative estimate of drug-likeness (QED) is 0.571. The number of fused-ring (bicyclic) bond motifs is 5. The van der Waals surface area contributed by atoms with Crippen LogP contribution >= 0.6 is 0 Å². The third-order valence-corrected chi connectivity index (χ3v) is 10.7. The number of hydrogen-bond acceptors (Lipinski definition) is 4. The van der Waals surface area contributed by atoms with Gasteiger partial charge in [-0.1, -0.05) is 26.7 Å². The summed E-state index contributed by atoms with van der Waals surface area (Å²) in [7, 11) is 1.34. The van der Waals surface area contributed by atoms with Crippen molar-refractivity contribution in [2.24, 2.45) is 40.4 Å². The number of nitrogens with one attached hydrogen (secondary N) is 1. The normalized spacial score (nSPS) is 44.0. The average Bonchev–Trinajstić information content (AvgIpc) is 3.09. The first kappa shape index (κ1) is 24.0. The molecule has 2 N–H and O–H groups in total. The van der Waals surface area contributed by atoms with E-state index in [-0.39, 0.29) is 12.0 Å². The number of ether oxygens (including phenoxy) is 1. The van der Waals surface area contributed by atoms with E-state index >= 15 is 0 Å². The number of methoxy groups -OCH3 is 1. The smallest absolute Gasteiger partial charge is 0.328 e. The van der Waals surface area contributed by atoms with E-state index < -0.39 is 12.0 Å². The Labute approximate surface area is 194 Å². The molecule has 5 nitrogen and oxygen atoms in total. The Morgan fingerprint density at radius 2 is 1.81 bits per heavy atom. The summed E-state index contributed by atoms with van der Waals surface area (Å²) in [6, 6.07) is -0.589. The second-order valence-electron chi connectivity index (χ2n) is 12.1. The lowest BCUT2D eigenvalue weighted by Crippen LogP contribution is -2.57. The standard InChI is InChI=1S/C27H45NO4/c1-17(25(31)32-4)28-23(30)10-7-9-18-11-12-20-24-21(13-15-27(18,20)3)26(2)14-6-5-8-19(26)16-22(24)29/h17-22,24,29H,5-16H2,1-4H3,(H,28,30). The van der Waals surface area contributed by atoms with Gasteiger partial charge in [0.05, 0.1) is 13.2 Å². The minimum Gasteiger partial charge on any atom is -0.467 e. The summed E-state index contributed by atoms with van der Waals surface area (Å²) in [5, 5.41) is 14.1. The number of rotatable bonds is 6. The molecule has 0 spiro atoms. The highest BCUT2D eigenvalue weighted by Crippen LogP contribution is 2.67. The van der Waals surface area contributed by atoms with Crippen LogP contribution in [-0.4, -0.2) is 36.2 Å². The molecule has 0 aromatic heterocycles. The molecule has 0 saturated heterocycles. The van der Waals surface area contributed by atoms with Crippen molar-refractivity contribution in [2.45, 2.75) is 110 Å². The molecule has 0 bridgehead atoms. The second-order valence-corrected chi connectivity index (χ2v) is 12.1. The maximum atomic E-state index is 12.3. The van der Waals surface area contributed by atoms with Gasteiger partial charge in [-0.2, -0.15) is 0 Å². The minimum atomic E-state index is -0.589. The van der Waals surface area contributed by atoms with Gasteiger partial charge in [-0.3, -0.25) is 4.79 Å². The van der Waals surface area contributed by atoms with Crippen molar-refractivity contribution in [2.75, 3.05) is 7.11 Å². The highest BCUT2D eigenvalue weighted by molar-refractivity contribution is 5.83. The molecule has 4 aliphatic rings. The van der Waals surface area contributed by atoms with E-state index in [4.69, 9.17) is 0 Å². The summed E-state index contributed by atoms with van der Waals surface area (Å²) in [4.78, 5) is 23.8. The lowest BCUT2D eigenvalue weighted by Gasteiger charge is -2.62. The molecule has 0 aliphatic heterocycles. The van der Waals surface area contributed by atoms with Gasteiger partial charge in [-0.25, -0.2) is 4.79 Å². The van der Waals surface area contributed by atoms with Crippen molar-refractivity contribution >= 4 is 11.9 Å². The zero-order chi connectivity index (χ0) is 23.1. The van der Waals surface area contributed by atoms with Crippen molar-refractivity contribution < 1.29 is 19.4 Å². The number of hydrogen-bond donors (Lipinski definition) is 2. The molecule has 0 aromatic carbocycles. The monoisotopic (exact) mass is 447 g/mol. The summed E-state index contributed by atoms with van der Waals surface area (Å²) in [6.45, 7) is 6.72. The molecule has 0 heterocycles. The van der Waals surface area contributed by atoms with Crippen LogP contribution in [-0.2, 0) is 14.3 Å². The van der Waals surface area contributed by atoms with E-state index in [0.717, 1.165) is 25.2 Å². The molecular weight excluding hydrogens is 402 g/mol. The fraction of sp³-hybridized carbons (Fsp3) is 0.926. The summed E-state index contributed by atoms with van der Waals surface area (Å²) in [6.07, 6.45) is 13.7. The Morgan fingerprint density at radius 1 is 1.06 bits per heavy atom. The van der Waals surface area contributed by atoms with Crippen LogP contribution in [0, 0.1) is 40.4 Å². The fourth-order valence-electron chi connectivity index (χ4n) is 8.90. The molecule has 0 radical (unpaired) electrons. The van der Waals surface area contributed by atoms with Crippen LogP contribution in [0.25, 0.3) is 0 Å². The third kappa shape index (κ3) is 4.12. The first-order valence-electron chi connectivity index (χ1n) is 13.3. The van der Waals surface area contributed by atoms with Gasteiger partial charge in [0.1, 0.15) is 6.04 Å². The molecule has 32 heavy (non-hydrogen) atoms. The van der Waals surface area contributed by atoms with Gasteiger partial charge in [-0.15, -0.1) is 0 Å². The number of carbonyl (C=O) groups is 2. The zero-order valence-corrected chi connectivity index (χ0v) is 20.7. The molecule has 182 valence electrons. The predicted octanol–water partition coefficient (Wildman–Crippen LogP) is 4.85. The molecule has 4 aliphatic carbocycles. The zero-order valence-electron chi connectivity index (χ0n) is 20.7. The van der Waals surface area contributed by atoms with Gasteiger partial charge in [0.25, 0.3) is 0 Å². The average molecular weight is 448 g/mol. The SMILES string of the molecule is COC(=O)C(C)NC(=O)CCCC1CCC2C3C(O)CC4CCCCC4(C)C3CCC12C. The van der Waals surface area contributed by atoms with Crippen molar-refractivity contribution in [1.29, 1.82) is 0 Å². The van der Waals surface area contributed by atoms with Crippen LogP contribution in [0.2, 0.25) is 0 Å². The number of aliphatic hydroxyl groups is 1. The molecule has 9 atom stereocenters. The van der Waals surface area contributed by atoms with Crippen molar-refractivity contribution in [3.05, 3.63) is 0 Å². The van der Waals surface area contributed by atoms with E-state index in [1.165, 1.54) is 58.5 Å². The molecule has 0 aromatic rings. The van der Waals surface area contributed by atoms with E-state index in [9.17, 15) is 14.7 Å². The van der Waals surface area contributed by atoms with Gasteiger partial charge < -0.3 is 15.2 Å². The molecule has 1 amide bonds. The molecule has 4 fully saturated rings. The summed E-state index contributed by atoms with van der Waals surface area (Å²) in [5.74, 6) is 2.70. The van der Waals surface area contributed by atoms with E-state index in [2.05, 4.69) is 23.9 Å². The fourth-order valence-corrected chi connectivity index (χ4v) is 8.90. The molecule has 4 saturated carbocycles. The topological polar surface area (TPSA) is 75.6 Å². The van der Waals surface area contributed by atoms with Gasteiger partial charge in [0.2, 0.25) is 5.91 Å². The van der Waals surface area contributed by atoms with Crippen LogP contribution in [0.5, 0.6) is 0 Å². The number of amides is 1. The van der Waals surface area contributed by atoms with Crippen molar-refractivity contribution in [1.82, 2.24) is 5.32 Å². The lowest BCUT2D eigenvalue weighted by atomic mass is 9.44. The predicted molar refractivity (Wildman–Crippen MR) is 125 cm³/mol. The van der Waals surface area contributed by atoms with Gasteiger partial charge in [0.15, 0.2) is 0 Å². The largest absolute Gasteiger partial charge is 0.467 e. The molecule has 4 rings (SSSR count). The first-order valence-corrected chi connectivity index (χ1v) is 13.3. The second kappa shape index (κ2) is 9.27. The molecule has 5 heteroatoms. The maximum Gasteiger partial charge on any atom is 0.328 e. The Bertz CT molecular complexity index is 710. The minimum absolute atomic E-state index is 0.0646. The van der Waals surface area contributed by atoms with E-state index in [1.54, 1.807) is 6.92 Å². The van der Waals surface area contributed by atoms with Gasteiger partial charge in [-0.05, 0) is 105 Å². The summed E-state index contributed by atoms with van der Waals surface area (Å²) in [5.41, 5.74) is 0.742. The van der Waals surface area contributed by atoms with Gasteiger partial charge >= 0.3 is 5.97 Å². The van der Waals surface area contributed by atoms with Crippen LogP contribution in [0.1, 0.15) is 97.8 Å². The van der Waals surface area contributed by atoms with E-state index in [1.807, 2.05) is 0 Å². The van der Waals surface area contributed by atoms with Crippen LogP contribution in [0.3, 0.4) is 0 Å². The Hall–Kier alpha value is -1.10. The highest BCUT2D eigenvalue weighted by Gasteiger charge is 2.61. The number of esters is 1. The summed E-state index contributed by atoms with van der Waals surface area (Å²) >= 11 is 0. The molecular formula is C27H45NO4. The summed E-state index contributed by atoms with van der Waals surface area (Å²) < 4.78 is 4.69. The van der Waals surface area contributed by atoms with E-state index in [0.29, 0.717) is 40.9 Å². The van der Waals surface area contributed by atoms with Crippen LogP contribution in [0.4, 0.5) is 0 Å². The maximum absolute atomic E-state index is 12.3. The number of carbonyl (C=O) groups excluding carboxylic acids is 2. The van der Waals surface area contributed by atoms with Crippen LogP contribution < -0.4 is 5.32 Å². The Kier molecular flexibility index (Phi) is 6.96. The van der Waals surface area contributed by atoms with Crippen LogP contribution in [0.15, 0.2) is 0 Å². The first-order chi connectivity index (χ1) is 15.2. The third-order valence-electron chi connectivity index (χ3n) is 10.7. The van der Waals surface area contributed by atoms with Crippen molar-refractivity contribution in [3.63, 3.8) is 0 Å². The Balaban J connectivity index is 1.36. The highest BCUT2D eigenvalue weighted by atomic mass is 16.5. The molecule has 9 unspecified atom stereocenters. The lowest BCUT2D eigenvalue weighted by molar-refractivity contribution is -0.162. The Morgan fingerprint density at radius 3 is 2.56 bits per heavy atom. The van der Waals surface area contributed by atoms with Crippen molar-refractivity contribution in [3.8, 4) is 0 Å². The number of aliphatic hydroxyl groups excluding tert-OH is 1. The van der Waals surface area contributed by atoms with Gasteiger partial charge in [0, 0.05) is 6.42 Å².